The zero-order chi connectivity index (χ0) is 20.1. The lowest BCUT2D eigenvalue weighted by atomic mass is 10.1. The van der Waals surface area contributed by atoms with Crippen LogP contribution in [0.4, 0.5) is 5.88 Å². The lowest BCUT2D eigenvalue weighted by molar-refractivity contribution is 0.310. The molecule has 0 fully saturated rings. The summed E-state index contributed by atoms with van der Waals surface area (Å²) >= 11 is 0. The molecule has 0 spiro atoms. The minimum atomic E-state index is 0.0883. The number of rotatable bonds is 7. The van der Waals surface area contributed by atoms with Crippen LogP contribution in [0.25, 0.3) is 11.5 Å². The number of aromatic nitrogens is 1. The van der Waals surface area contributed by atoms with Gasteiger partial charge in [-0.3, -0.25) is 0 Å². The van der Waals surface area contributed by atoms with Gasteiger partial charge in [0.2, 0.25) is 17.5 Å². The lowest BCUT2D eigenvalue weighted by Gasteiger charge is -2.25. The standard InChI is InChI=1S/C22H24N4O2/c1-15-5-7-17(8-6-15)21-25-19(13-23)22(28-21)24-14-20(26(2)3)16-9-11-18(27-4)12-10-16/h5-12,20,24H,14H2,1-4H3/t20-/m0/s1. The van der Waals surface area contributed by atoms with Crippen molar-refractivity contribution in [3.8, 4) is 23.3 Å². The normalized spacial score (nSPS) is 11.9. The highest BCUT2D eigenvalue weighted by atomic mass is 16.5. The Morgan fingerprint density at radius 3 is 2.39 bits per heavy atom. The fourth-order valence-corrected chi connectivity index (χ4v) is 2.95. The summed E-state index contributed by atoms with van der Waals surface area (Å²) in [6, 6.07) is 18.0. The van der Waals surface area contributed by atoms with E-state index in [0.29, 0.717) is 18.3 Å². The van der Waals surface area contributed by atoms with E-state index in [1.54, 1.807) is 7.11 Å². The number of ether oxygens (including phenoxy) is 1. The van der Waals surface area contributed by atoms with E-state index in [1.807, 2.05) is 69.6 Å². The third kappa shape index (κ3) is 4.33. The molecular weight excluding hydrogens is 352 g/mol. The monoisotopic (exact) mass is 376 g/mol. The van der Waals surface area contributed by atoms with Gasteiger partial charge in [-0.1, -0.05) is 29.8 Å². The maximum Gasteiger partial charge on any atom is 0.232 e. The molecule has 28 heavy (non-hydrogen) atoms. The molecule has 1 heterocycles. The van der Waals surface area contributed by atoms with E-state index in [1.165, 1.54) is 0 Å². The molecule has 6 nitrogen and oxygen atoms in total. The average molecular weight is 376 g/mol. The van der Waals surface area contributed by atoms with Crippen molar-refractivity contribution >= 4 is 5.88 Å². The number of aryl methyl sites for hydroxylation is 1. The number of likely N-dealkylation sites (N-methyl/N-ethyl adjacent to an activating group) is 1. The molecule has 0 bridgehead atoms. The number of hydrogen-bond donors (Lipinski definition) is 1. The molecule has 6 heteroatoms. The second-order valence-electron chi connectivity index (χ2n) is 6.81. The SMILES string of the molecule is COc1ccc([C@H](CNc2oc(-c3ccc(C)cc3)nc2C#N)N(C)C)cc1. The Hall–Kier alpha value is -3.30. The van der Waals surface area contributed by atoms with Gasteiger partial charge in [-0.05, 0) is 50.8 Å². The van der Waals surface area contributed by atoms with Crippen molar-refractivity contribution in [3.63, 3.8) is 0 Å². The fourth-order valence-electron chi connectivity index (χ4n) is 2.95. The van der Waals surface area contributed by atoms with Crippen LogP contribution in [0, 0.1) is 18.3 Å². The third-order valence-electron chi connectivity index (χ3n) is 4.61. The first-order chi connectivity index (χ1) is 13.5. The van der Waals surface area contributed by atoms with Crippen molar-refractivity contribution in [2.24, 2.45) is 0 Å². The second kappa shape index (κ2) is 8.59. The summed E-state index contributed by atoms with van der Waals surface area (Å²) < 4.78 is 11.1. The molecule has 3 rings (SSSR count). The van der Waals surface area contributed by atoms with Crippen LogP contribution in [0.3, 0.4) is 0 Å². The highest BCUT2D eigenvalue weighted by Crippen LogP contribution is 2.27. The molecule has 0 saturated carbocycles. The van der Waals surface area contributed by atoms with Gasteiger partial charge >= 0.3 is 0 Å². The Bertz CT molecular complexity index is 954. The maximum absolute atomic E-state index is 9.44. The summed E-state index contributed by atoms with van der Waals surface area (Å²) in [7, 11) is 5.68. The highest BCUT2D eigenvalue weighted by Gasteiger charge is 2.18. The van der Waals surface area contributed by atoms with Crippen LogP contribution in [-0.4, -0.2) is 37.6 Å². The van der Waals surface area contributed by atoms with Gasteiger partial charge in [0, 0.05) is 12.1 Å². The zero-order valence-electron chi connectivity index (χ0n) is 16.6. The molecule has 0 saturated heterocycles. The van der Waals surface area contributed by atoms with E-state index < -0.39 is 0 Å². The van der Waals surface area contributed by atoms with E-state index in [4.69, 9.17) is 9.15 Å². The molecule has 3 aromatic rings. The molecule has 1 atom stereocenters. The van der Waals surface area contributed by atoms with Crippen molar-refractivity contribution in [2.75, 3.05) is 33.1 Å². The van der Waals surface area contributed by atoms with Gasteiger partial charge in [-0.2, -0.15) is 10.2 Å². The number of hydrogen-bond acceptors (Lipinski definition) is 6. The van der Waals surface area contributed by atoms with E-state index in [9.17, 15) is 5.26 Å². The Balaban J connectivity index is 1.79. The fraction of sp³-hybridized carbons (Fsp3) is 0.273. The molecular formula is C22H24N4O2. The molecule has 144 valence electrons. The molecule has 0 amide bonds. The van der Waals surface area contributed by atoms with Gasteiger partial charge in [-0.15, -0.1) is 0 Å². The number of nitrogens with zero attached hydrogens (tertiary/aromatic N) is 3. The Morgan fingerprint density at radius 2 is 1.82 bits per heavy atom. The quantitative estimate of drug-likeness (QED) is 0.665. The number of methoxy groups -OCH3 is 1. The highest BCUT2D eigenvalue weighted by molar-refractivity contribution is 5.59. The third-order valence-corrected chi connectivity index (χ3v) is 4.61. The number of benzene rings is 2. The number of nitrogens with one attached hydrogen (secondary N) is 1. The van der Waals surface area contributed by atoms with Gasteiger partial charge in [0.25, 0.3) is 0 Å². The predicted octanol–water partition coefficient (Wildman–Crippen LogP) is 4.25. The van der Waals surface area contributed by atoms with Gasteiger partial charge in [0.15, 0.2) is 0 Å². The minimum absolute atomic E-state index is 0.0883. The summed E-state index contributed by atoms with van der Waals surface area (Å²) in [5.74, 6) is 1.64. The van der Waals surface area contributed by atoms with Crippen LogP contribution >= 0.6 is 0 Å². The van der Waals surface area contributed by atoms with Crippen LogP contribution in [0.2, 0.25) is 0 Å². The van der Waals surface area contributed by atoms with Crippen LogP contribution in [0.15, 0.2) is 52.9 Å². The summed E-state index contributed by atoms with van der Waals surface area (Å²) in [6.07, 6.45) is 0. The molecule has 0 aliphatic heterocycles. The van der Waals surface area contributed by atoms with E-state index in [0.717, 1.165) is 22.4 Å². The summed E-state index contributed by atoms with van der Waals surface area (Å²) in [5.41, 5.74) is 3.38. The molecule has 1 aromatic heterocycles. The first-order valence-electron chi connectivity index (χ1n) is 9.04. The lowest BCUT2D eigenvalue weighted by Crippen LogP contribution is -2.26. The topological polar surface area (TPSA) is 74.3 Å². The molecule has 2 aromatic carbocycles. The summed E-state index contributed by atoms with van der Waals surface area (Å²) in [4.78, 5) is 6.44. The van der Waals surface area contributed by atoms with E-state index in [-0.39, 0.29) is 11.7 Å². The number of anilines is 1. The van der Waals surface area contributed by atoms with Crippen molar-refractivity contribution in [1.29, 1.82) is 5.26 Å². The van der Waals surface area contributed by atoms with Gasteiger partial charge < -0.3 is 19.4 Å². The molecule has 0 unspecified atom stereocenters. The first-order valence-corrected chi connectivity index (χ1v) is 9.04. The first kappa shape index (κ1) is 19.5. The van der Waals surface area contributed by atoms with Crippen LogP contribution in [0.5, 0.6) is 5.75 Å². The molecule has 1 N–H and O–H groups in total. The van der Waals surface area contributed by atoms with Crippen molar-refractivity contribution in [2.45, 2.75) is 13.0 Å². The predicted molar refractivity (Wildman–Crippen MR) is 109 cm³/mol. The van der Waals surface area contributed by atoms with Crippen molar-refractivity contribution < 1.29 is 9.15 Å². The summed E-state index contributed by atoms with van der Waals surface area (Å²) in [6.45, 7) is 2.59. The summed E-state index contributed by atoms with van der Waals surface area (Å²) in [5, 5.41) is 12.7. The Kier molecular flexibility index (Phi) is 5.97. The Morgan fingerprint density at radius 1 is 1.14 bits per heavy atom. The smallest absolute Gasteiger partial charge is 0.232 e. The van der Waals surface area contributed by atoms with Gasteiger partial charge in [0.05, 0.1) is 13.2 Å². The largest absolute Gasteiger partial charge is 0.497 e. The van der Waals surface area contributed by atoms with Crippen molar-refractivity contribution in [3.05, 3.63) is 65.4 Å². The van der Waals surface area contributed by atoms with Gasteiger partial charge in [-0.25, -0.2) is 0 Å². The van der Waals surface area contributed by atoms with Crippen molar-refractivity contribution in [1.82, 2.24) is 9.88 Å². The van der Waals surface area contributed by atoms with E-state index >= 15 is 0 Å². The minimum Gasteiger partial charge on any atom is -0.497 e. The van der Waals surface area contributed by atoms with Crippen LogP contribution in [0.1, 0.15) is 22.9 Å². The van der Waals surface area contributed by atoms with Crippen LogP contribution < -0.4 is 10.1 Å². The van der Waals surface area contributed by atoms with E-state index in [2.05, 4.69) is 21.3 Å². The maximum atomic E-state index is 9.44. The molecule has 0 radical (unpaired) electrons. The number of oxazole rings is 1. The molecule has 0 aliphatic rings. The van der Waals surface area contributed by atoms with Crippen LogP contribution in [-0.2, 0) is 0 Å². The second-order valence-corrected chi connectivity index (χ2v) is 6.81. The average Bonchev–Trinajstić information content (AvgIpc) is 3.12. The molecule has 0 aliphatic carbocycles. The number of nitriles is 1. The Labute approximate surface area is 165 Å². The van der Waals surface area contributed by atoms with Gasteiger partial charge in [0.1, 0.15) is 11.8 Å². The zero-order valence-corrected chi connectivity index (χ0v) is 16.6.